The summed E-state index contributed by atoms with van der Waals surface area (Å²) in [6, 6.07) is 10.4. The zero-order valence-electron chi connectivity index (χ0n) is 18.4. The molecule has 0 saturated carbocycles. The van der Waals surface area contributed by atoms with Crippen LogP contribution in [0.15, 0.2) is 46.6 Å². The maximum absolute atomic E-state index is 11.9. The summed E-state index contributed by atoms with van der Waals surface area (Å²) in [4.78, 5) is 23.7. The molecule has 0 radical (unpaired) electrons. The molecule has 2 N–H and O–H groups in total. The second kappa shape index (κ2) is 12.6. The number of hydrogen-bond acceptors (Lipinski definition) is 8. The number of hydrazone groups is 2. The number of hydrogen-bond donors (Lipinski definition) is 2. The van der Waals surface area contributed by atoms with Gasteiger partial charge in [-0.2, -0.15) is 10.2 Å². The van der Waals surface area contributed by atoms with Crippen molar-refractivity contribution in [2.24, 2.45) is 10.2 Å². The number of ether oxygens (including phenoxy) is 4. The molecule has 2 rings (SSSR count). The zero-order chi connectivity index (χ0) is 23.3. The van der Waals surface area contributed by atoms with Crippen molar-refractivity contribution in [3.63, 3.8) is 0 Å². The largest absolute Gasteiger partial charge is 0.493 e. The van der Waals surface area contributed by atoms with Crippen LogP contribution >= 0.6 is 0 Å². The van der Waals surface area contributed by atoms with Gasteiger partial charge >= 0.3 is 0 Å². The molecule has 10 nitrogen and oxygen atoms in total. The van der Waals surface area contributed by atoms with Crippen molar-refractivity contribution in [1.29, 1.82) is 0 Å². The van der Waals surface area contributed by atoms with E-state index in [0.29, 0.717) is 34.1 Å². The van der Waals surface area contributed by atoms with Crippen LogP contribution in [0.5, 0.6) is 23.0 Å². The van der Waals surface area contributed by atoms with Gasteiger partial charge in [0, 0.05) is 12.8 Å². The third-order valence-corrected chi connectivity index (χ3v) is 4.20. The lowest BCUT2D eigenvalue weighted by Gasteiger charge is -2.07. The molecule has 0 aromatic heterocycles. The topological polar surface area (TPSA) is 120 Å². The third-order valence-electron chi connectivity index (χ3n) is 4.20. The van der Waals surface area contributed by atoms with Crippen molar-refractivity contribution in [1.82, 2.24) is 10.9 Å². The summed E-state index contributed by atoms with van der Waals surface area (Å²) in [6.07, 6.45) is 2.85. The quantitative estimate of drug-likeness (QED) is 0.406. The molecule has 0 unspecified atom stereocenters. The van der Waals surface area contributed by atoms with Gasteiger partial charge in [-0.1, -0.05) is 0 Å². The van der Waals surface area contributed by atoms with Crippen LogP contribution in [-0.2, 0) is 9.59 Å². The minimum atomic E-state index is -0.402. The summed E-state index contributed by atoms with van der Waals surface area (Å²) in [5, 5.41) is 7.76. The van der Waals surface area contributed by atoms with E-state index in [0.717, 1.165) is 0 Å². The van der Waals surface area contributed by atoms with Gasteiger partial charge in [-0.25, -0.2) is 10.9 Å². The van der Waals surface area contributed by atoms with E-state index < -0.39 is 11.8 Å². The van der Waals surface area contributed by atoms with E-state index in [1.54, 1.807) is 50.6 Å². The summed E-state index contributed by atoms with van der Waals surface area (Å²) in [5.41, 5.74) is 6.17. The number of carbonyl (C=O) groups is 2. The molecule has 0 saturated heterocycles. The lowest BCUT2D eigenvalue weighted by atomic mass is 10.2. The molecule has 0 spiro atoms. The molecule has 0 atom stereocenters. The lowest BCUT2D eigenvalue weighted by Crippen LogP contribution is -2.22. The number of amides is 2. The van der Waals surface area contributed by atoms with Gasteiger partial charge in [0.2, 0.25) is 11.8 Å². The number of methoxy groups -OCH3 is 4. The first-order valence-corrected chi connectivity index (χ1v) is 9.58. The van der Waals surface area contributed by atoms with Crippen LogP contribution in [0.4, 0.5) is 0 Å². The maximum atomic E-state index is 11.9. The molecule has 2 aromatic rings. The monoisotopic (exact) mass is 442 g/mol. The van der Waals surface area contributed by atoms with Crippen LogP contribution in [0.1, 0.15) is 24.0 Å². The van der Waals surface area contributed by atoms with Gasteiger partial charge in [-0.15, -0.1) is 0 Å². The van der Waals surface area contributed by atoms with Crippen LogP contribution in [0.3, 0.4) is 0 Å². The number of carbonyl (C=O) groups excluding carboxylic acids is 2. The predicted molar refractivity (Wildman–Crippen MR) is 120 cm³/mol. The van der Waals surface area contributed by atoms with Crippen LogP contribution in [0, 0.1) is 0 Å². The van der Waals surface area contributed by atoms with Crippen LogP contribution in [0.2, 0.25) is 0 Å². The Hall–Kier alpha value is -4.08. The van der Waals surface area contributed by atoms with Crippen LogP contribution in [-0.4, -0.2) is 52.7 Å². The highest BCUT2D eigenvalue weighted by atomic mass is 16.5. The Kier molecular flexibility index (Phi) is 9.51. The Morgan fingerprint density at radius 2 is 1.06 bits per heavy atom. The minimum absolute atomic E-state index is 0.0407. The summed E-state index contributed by atoms with van der Waals surface area (Å²) in [7, 11) is 6.15. The third kappa shape index (κ3) is 7.31. The molecule has 0 fully saturated rings. The van der Waals surface area contributed by atoms with Crippen molar-refractivity contribution < 1.29 is 28.5 Å². The first-order valence-electron chi connectivity index (χ1n) is 9.58. The van der Waals surface area contributed by atoms with E-state index in [1.165, 1.54) is 26.6 Å². The van der Waals surface area contributed by atoms with Gasteiger partial charge in [0.15, 0.2) is 23.0 Å². The van der Waals surface area contributed by atoms with E-state index in [9.17, 15) is 9.59 Å². The fraction of sp³-hybridized carbons (Fsp3) is 0.273. The van der Waals surface area contributed by atoms with Crippen LogP contribution < -0.4 is 29.8 Å². The fourth-order valence-electron chi connectivity index (χ4n) is 2.56. The first-order chi connectivity index (χ1) is 15.5. The average Bonchev–Trinajstić information content (AvgIpc) is 2.82. The summed E-state index contributed by atoms with van der Waals surface area (Å²) >= 11 is 0. The average molecular weight is 442 g/mol. The van der Waals surface area contributed by atoms with Crippen molar-refractivity contribution >= 4 is 24.2 Å². The Morgan fingerprint density at radius 3 is 1.41 bits per heavy atom. The van der Waals surface area contributed by atoms with E-state index in [-0.39, 0.29) is 12.8 Å². The first kappa shape index (κ1) is 24.2. The molecule has 2 amide bonds. The van der Waals surface area contributed by atoms with Gasteiger partial charge in [-0.3, -0.25) is 9.59 Å². The number of nitrogens with one attached hydrogen (secondary N) is 2. The number of benzene rings is 2. The van der Waals surface area contributed by atoms with Gasteiger partial charge in [0.25, 0.3) is 0 Å². The highest BCUT2D eigenvalue weighted by Gasteiger charge is 2.07. The number of nitrogens with zero attached hydrogens (tertiary/aromatic N) is 2. The van der Waals surface area contributed by atoms with E-state index >= 15 is 0 Å². The molecule has 0 aliphatic heterocycles. The van der Waals surface area contributed by atoms with Gasteiger partial charge < -0.3 is 18.9 Å². The molecular weight excluding hydrogens is 416 g/mol. The summed E-state index contributed by atoms with van der Waals surface area (Å²) in [5.74, 6) is 1.48. The smallest absolute Gasteiger partial charge is 0.240 e. The Bertz CT molecular complexity index is 911. The lowest BCUT2D eigenvalue weighted by molar-refractivity contribution is -0.126. The molecule has 2 aromatic carbocycles. The fourth-order valence-corrected chi connectivity index (χ4v) is 2.56. The standard InChI is InChI=1S/C22H26N4O6/c1-29-17-7-5-15(11-19(17)31-3)13-23-25-21(27)9-10-22(28)26-24-14-16-6-8-18(30-2)20(12-16)32-4/h5-8,11-14H,9-10H2,1-4H3,(H,25,27)(H,26,28)/b23-13-,24-14-. The van der Waals surface area contributed by atoms with Crippen LogP contribution in [0.25, 0.3) is 0 Å². The Balaban J connectivity index is 1.76. The maximum Gasteiger partial charge on any atom is 0.240 e. The molecule has 170 valence electrons. The SMILES string of the molecule is COc1ccc(/C=N\NC(=O)CCC(=O)N/N=C\c2ccc(OC)c(OC)c2)cc1OC. The second-order valence-electron chi connectivity index (χ2n) is 6.32. The highest BCUT2D eigenvalue weighted by Crippen LogP contribution is 2.27. The second-order valence-corrected chi connectivity index (χ2v) is 6.32. The van der Waals surface area contributed by atoms with Gasteiger partial charge in [-0.05, 0) is 47.5 Å². The molecule has 0 bridgehead atoms. The van der Waals surface area contributed by atoms with Crippen molar-refractivity contribution in [3.8, 4) is 23.0 Å². The molecule has 0 aliphatic carbocycles. The molecule has 0 aliphatic rings. The van der Waals surface area contributed by atoms with Crippen molar-refractivity contribution in [2.45, 2.75) is 12.8 Å². The van der Waals surface area contributed by atoms with Gasteiger partial charge in [0.1, 0.15) is 0 Å². The van der Waals surface area contributed by atoms with Crippen molar-refractivity contribution in [2.75, 3.05) is 28.4 Å². The normalized spacial score (nSPS) is 10.8. The molecular formula is C22H26N4O6. The zero-order valence-corrected chi connectivity index (χ0v) is 18.4. The molecule has 32 heavy (non-hydrogen) atoms. The Labute approximate surface area is 186 Å². The summed E-state index contributed by atoms with van der Waals surface area (Å²) < 4.78 is 20.7. The van der Waals surface area contributed by atoms with Gasteiger partial charge in [0.05, 0.1) is 40.9 Å². The minimum Gasteiger partial charge on any atom is -0.493 e. The van der Waals surface area contributed by atoms with E-state index in [2.05, 4.69) is 21.1 Å². The predicted octanol–water partition coefficient (Wildman–Crippen LogP) is 2.10. The molecule has 10 heteroatoms. The van der Waals surface area contributed by atoms with Crippen molar-refractivity contribution in [3.05, 3.63) is 47.5 Å². The Morgan fingerprint density at radius 1 is 0.688 bits per heavy atom. The number of rotatable bonds is 11. The highest BCUT2D eigenvalue weighted by molar-refractivity contribution is 5.87. The van der Waals surface area contributed by atoms with E-state index in [1.807, 2.05) is 0 Å². The summed E-state index contributed by atoms with van der Waals surface area (Å²) in [6.45, 7) is 0. The molecule has 0 heterocycles. The van der Waals surface area contributed by atoms with E-state index in [4.69, 9.17) is 18.9 Å².